The number of rotatable bonds is 5. The first-order chi connectivity index (χ1) is 10.9. The molecule has 0 spiro atoms. The second kappa shape index (κ2) is 7.59. The predicted molar refractivity (Wildman–Crippen MR) is 92.1 cm³/mol. The van der Waals surface area contributed by atoms with E-state index in [-0.39, 0.29) is 24.3 Å². The van der Waals surface area contributed by atoms with E-state index in [1.165, 1.54) is 23.3 Å². The lowest BCUT2D eigenvalue weighted by Gasteiger charge is -2.16. The van der Waals surface area contributed by atoms with E-state index in [4.69, 9.17) is 4.74 Å². The van der Waals surface area contributed by atoms with Gasteiger partial charge in [0.2, 0.25) is 0 Å². The van der Waals surface area contributed by atoms with Gasteiger partial charge >= 0.3 is 0 Å². The van der Waals surface area contributed by atoms with Crippen molar-refractivity contribution >= 4 is 21.8 Å². The Morgan fingerprint density at radius 2 is 1.96 bits per heavy atom. The van der Waals surface area contributed by atoms with Crippen LogP contribution in [0.1, 0.15) is 29.7 Å². The van der Waals surface area contributed by atoms with Gasteiger partial charge in [-0.25, -0.2) is 4.39 Å². The molecule has 0 fully saturated rings. The predicted octanol–water partition coefficient (Wildman–Crippen LogP) is 4.46. The molecular formula is C18H19BrFNO2. The Morgan fingerprint density at radius 3 is 2.61 bits per heavy atom. The average Bonchev–Trinajstić information content (AvgIpc) is 2.49. The minimum absolute atomic E-state index is 0.0576. The van der Waals surface area contributed by atoms with Crippen molar-refractivity contribution in [2.75, 3.05) is 6.61 Å². The summed E-state index contributed by atoms with van der Waals surface area (Å²) in [5, 5.41) is 2.85. The maximum absolute atomic E-state index is 13.6. The summed E-state index contributed by atoms with van der Waals surface area (Å²) < 4.78 is 19.5. The van der Waals surface area contributed by atoms with Crippen molar-refractivity contribution in [3.8, 4) is 5.75 Å². The molecule has 0 aliphatic rings. The lowest BCUT2D eigenvalue weighted by molar-refractivity contribution is -0.123. The summed E-state index contributed by atoms with van der Waals surface area (Å²) in [6, 6.07) is 10.4. The van der Waals surface area contributed by atoms with Gasteiger partial charge in [0, 0.05) is 4.47 Å². The molecule has 5 heteroatoms. The average molecular weight is 380 g/mol. The normalized spacial score (nSPS) is 11.9. The van der Waals surface area contributed by atoms with Crippen LogP contribution < -0.4 is 10.1 Å². The van der Waals surface area contributed by atoms with E-state index in [9.17, 15) is 9.18 Å². The largest absolute Gasteiger partial charge is 0.481 e. The van der Waals surface area contributed by atoms with Crippen molar-refractivity contribution in [1.29, 1.82) is 0 Å². The summed E-state index contributed by atoms with van der Waals surface area (Å²) in [5.41, 5.74) is 3.41. The van der Waals surface area contributed by atoms with Crippen LogP contribution in [0.25, 0.3) is 0 Å². The van der Waals surface area contributed by atoms with Crippen molar-refractivity contribution in [3.63, 3.8) is 0 Å². The second-order valence-electron chi connectivity index (χ2n) is 5.50. The number of carbonyl (C=O) groups is 1. The molecule has 0 aromatic heterocycles. The third-order valence-electron chi connectivity index (χ3n) is 3.66. The minimum Gasteiger partial charge on any atom is -0.481 e. The molecular weight excluding hydrogens is 361 g/mol. The highest BCUT2D eigenvalue weighted by molar-refractivity contribution is 9.10. The van der Waals surface area contributed by atoms with Gasteiger partial charge in [-0.15, -0.1) is 0 Å². The highest BCUT2D eigenvalue weighted by Gasteiger charge is 2.12. The standard InChI is InChI=1S/C18H19BrFNO2/c1-11-4-5-14(8-12(11)2)13(3)21-18(22)10-23-17-7-6-15(19)9-16(17)20/h4-9,13H,10H2,1-3H3,(H,21,22). The maximum atomic E-state index is 13.6. The Morgan fingerprint density at radius 1 is 1.22 bits per heavy atom. The molecule has 2 rings (SSSR count). The Bertz CT molecular complexity index is 718. The Kier molecular flexibility index (Phi) is 5.77. The summed E-state index contributed by atoms with van der Waals surface area (Å²) in [4.78, 5) is 12.0. The molecule has 122 valence electrons. The van der Waals surface area contributed by atoms with Crippen LogP contribution in [0.15, 0.2) is 40.9 Å². The van der Waals surface area contributed by atoms with Gasteiger partial charge in [0.25, 0.3) is 5.91 Å². The van der Waals surface area contributed by atoms with E-state index in [0.717, 1.165) is 5.56 Å². The molecule has 0 aliphatic carbocycles. The summed E-state index contributed by atoms with van der Waals surface area (Å²) in [6.45, 7) is 5.76. The van der Waals surface area contributed by atoms with E-state index >= 15 is 0 Å². The molecule has 0 bridgehead atoms. The van der Waals surface area contributed by atoms with Crippen LogP contribution in [0.3, 0.4) is 0 Å². The van der Waals surface area contributed by atoms with Gasteiger partial charge < -0.3 is 10.1 Å². The number of benzene rings is 2. The van der Waals surface area contributed by atoms with E-state index in [2.05, 4.69) is 27.3 Å². The van der Waals surface area contributed by atoms with Gasteiger partial charge in [0.05, 0.1) is 6.04 Å². The molecule has 23 heavy (non-hydrogen) atoms. The highest BCUT2D eigenvalue weighted by atomic mass is 79.9. The number of halogens is 2. The maximum Gasteiger partial charge on any atom is 0.258 e. The van der Waals surface area contributed by atoms with Crippen molar-refractivity contribution in [3.05, 3.63) is 63.4 Å². The van der Waals surface area contributed by atoms with Crippen LogP contribution in [0.2, 0.25) is 0 Å². The summed E-state index contributed by atoms with van der Waals surface area (Å²) in [5.74, 6) is -0.741. The highest BCUT2D eigenvalue weighted by Crippen LogP contribution is 2.21. The lowest BCUT2D eigenvalue weighted by Crippen LogP contribution is -2.31. The van der Waals surface area contributed by atoms with E-state index < -0.39 is 5.82 Å². The topological polar surface area (TPSA) is 38.3 Å². The number of nitrogens with one attached hydrogen (secondary N) is 1. The molecule has 0 radical (unpaired) electrons. The molecule has 2 aromatic rings. The SMILES string of the molecule is Cc1ccc(C(C)NC(=O)COc2ccc(Br)cc2F)cc1C. The van der Waals surface area contributed by atoms with Crippen molar-refractivity contribution in [2.45, 2.75) is 26.8 Å². The van der Waals surface area contributed by atoms with Crippen molar-refractivity contribution < 1.29 is 13.9 Å². The Labute approximate surface area is 144 Å². The molecule has 2 aromatic carbocycles. The number of carbonyl (C=O) groups excluding carboxylic acids is 1. The zero-order valence-corrected chi connectivity index (χ0v) is 14.9. The quantitative estimate of drug-likeness (QED) is 0.832. The van der Waals surface area contributed by atoms with Gasteiger partial charge in [0.1, 0.15) is 0 Å². The van der Waals surface area contributed by atoms with Gasteiger partial charge in [-0.2, -0.15) is 0 Å². The summed E-state index contributed by atoms with van der Waals surface area (Å²) in [6.07, 6.45) is 0. The van der Waals surface area contributed by atoms with Gasteiger partial charge in [-0.1, -0.05) is 34.1 Å². The minimum atomic E-state index is -0.505. The first-order valence-electron chi connectivity index (χ1n) is 7.31. The van der Waals surface area contributed by atoms with E-state index in [1.54, 1.807) is 6.07 Å². The fourth-order valence-corrected chi connectivity index (χ4v) is 2.47. The molecule has 1 N–H and O–H groups in total. The van der Waals surface area contributed by atoms with Crippen LogP contribution in [0, 0.1) is 19.7 Å². The van der Waals surface area contributed by atoms with Crippen LogP contribution in [0.5, 0.6) is 5.75 Å². The van der Waals surface area contributed by atoms with Gasteiger partial charge in [-0.05, 0) is 55.7 Å². The summed E-state index contributed by atoms with van der Waals surface area (Å²) in [7, 11) is 0. The van der Waals surface area contributed by atoms with Crippen LogP contribution >= 0.6 is 15.9 Å². The smallest absolute Gasteiger partial charge is 0.258 e. The Balaban J connectivity index is 1.92. The van der Waals surface area contributed by atoms with E-state index in [0.29, 0.717) is 4.47 Å². The van der Waals surface area contributed by atoms with Gasteiger partial charge in [-0.3, -0.25) is 4.79 Å². The Hall–Kier alpha value is -1.88. The molecule has 3 nitrogen and oxygen atoms in total. The van der Waals surface area contributed by atoms with Crippen molar-refractivity contribution in [1.82, 2.24) is 5.32 Å². The molecule has 0 saturated carbocycles. The zero-order chi connectivity index (χ0) is 17.0. The second-order valence-corrected chi connectivity index (χ2v) is 6.41. The number of hydrogen-bond donors (Lipinski definition) is 1. The van der Waals surface area contributed by atoms with Crippen molar-refractivity contribution in [2.24, 2.45) is 0 Å². The van der Waals surface area contributed by atoms with Crippen LogP contribution in [-0.2, 0) is 4.79 Å². The molecule has 0 heterocycles. The third kappa shape index (κ3) is 4.79. The molecule has 0 aliphatic heterocycles. The number of ether oxygens (including phenoxy) is 1. The molecule has 0 saturated heterocycles. The first-order valence-corrected chi connectivity index (χ1v) is 8.10. The van der Waals surface area contributed by atoms with Crippen LogP contribution in [-0.4, -0.2) is 12.5 Å². The number of aryl methyl sites for hydroxylation is 2. The number of amides is 1. The van der Waals surface area contributed by atoms with E-state index in [1.807, 2.05) is 32.9 Å². The fourth-order valence-electron chi connectivity index (χ4n) is 2.14. The lowest BCUT2D eigenvalue weighted by atomic mass is 10.0. The molecule has 1 unspecified atom stereocenters. The summed E-state index contributed by atoms with van der Waals surface area (Å²) >= 11 is 3.17. The van der Waals surface area contributed by atoms with Crippen LogP contribution in [0.4, 0.5) is 4.39 Å². The van der Waals surface area contributed by atoms with Gasteiger partial charge in [0.15, 0.2) is 18.2 Å². The third-order valence-corrected chi connectivity index (χ3v) is 4.15. The molecule has 1 atom stereocenters. The fraction of sp³-hybridized carbons (Fsp3) is 0.278. The number of hydrogen-bond acceptors (Lipinski definition) is 2. The zero-order valence-electron chi connectivity index (χ0n) is 13.3. The monoisotopic (exact) mass is 379 g/mol. The first kappa shape index (κ1) is 17.5. The molecule has 1 amide bonds.